The molecule has 0 aliphatic heterocycles. The summed E-state index contributed by atoms with van der Waals surface area (Å²) < 4.78 is 11.2. The van der Waals surface area contributed by atoms with Crippen molar-refractivity contribution in [1.29, 1.82) is 0 Å². The van der Waals surface area contributed by atoms with Crippen LogP contribution in [0, 0.1) is 0 Å². The van der Waals surface area contributed by atoms with E-state index in [2.05, 4.69) is 46.5 Å². The van der Waals surface area contributed by atoms with Crippen molar-refractivity contribution in [3.63, 3.8) is 0 Å². The number of ether oxygens (including phenoxy) is 1. The second-order valence-electron chi connectivity index (χ2n) is 6.76. The van der Waals surface area contributed by atoms with Crippen LogP contribution in [-0.2, 0) is 5.75 Å². The van der Waals surface area contributed by atoms with Crippen LogP contribution in [0.15, 0.2) is 63.6 Å². The molecule has 0 saturated heterocycles. The third kappa shape index (κ3) is 5.08. The number of thioether (sulfide) groups is 1. The van der Waals surface area contributed by atoms with Gasteiger partial charge in [0.1, 0.15) is 10.8 Å². The van der Waals surface area contributed by atoms with Crippen LogP contribution in [0.4, 0.5) is 5.69 Å². The molecule has 2 aromatic carbocycles. The van der Waals surface area contributed by atoms with Crippen molar-refractivity contribution in [3.8, 4) is 27.8 Å². The number of hydrogen-bond donors (Lipinski definition) is 0. The van der Waals surface area contributed by atoms with Crippen LogP contribution in [0.5, 0.6) is 5.75 Å². The minimum Gasteiger partial charge on any atom is -0.497 e. The molecule has 0 aliphatic rings. The Hall–Kier alpha value is -2.84. The fourth-order valence-electron chi connectivity index (χ4n) is 3.19. The first-order valence-corrected chi connectivity index (χ1v) is 12.0. The normalized spacial score (nSPS) is 10.9. The highest BCUT2D eigenvalue weighted by Crippen LogP contribution is 2.30. The van der Waals surface area contributed by atoms with Gasteiger partial charge in [0.25, 0.3) is 5.22 Å². The first-order chi connectivity index (χ1) is 15.2. The molecule has 8 heteroatoms. The maximum atomic E-state index is 5.85. The van der Waals surface area contributed by atoms with E-state index in [1.54, 1.807) is 18.4 Å². The lowest BCUT2D eigenvalue weighted by atomic mass is 10.2. The number of methoxy groups -OCH3 is 1. The second-order valence-corrected chi connectivity index (χ2v) is 8.54. The fourth-order valence-corrected chi connectivity index (χ4v) is 4.76. The van der Waals surface area contributed by atoms with Gasteiger partial charge in [0, 0.05) is 41.0 Å². The zero-order chi connectivity index (χ0) is 21.6. The van der Waals surface area contributed by atoms with Gasteiger partial charge in [-0.2, -0.15) is 0 Å². The largest absolute Gasteiger partial charge is 0.497 e. The SMILES string of the molecule is CCN(CC)c1ccc(-c2nnc(SCc3csc(-c4cccc(OC)c4)n3)o2)cc1. The molecular formula is C23H24N4O2S2. The van der Waals surface area contributed by atoms with Crippen molar-refractivity contribution in [2.75, 3.05) is 25.1 Å². The fraction of sp³-hybridized carbons (Fsp3) is 0.261. The standard InChI is InChI=1S/C23H24N4O2S2/c1-4-27(5-2)19-11-9-16(10-12-19)21-25-26-23(29-21)31-15-18-14-30-22(24-18)17-7-6-8-20(13-17)28-3/h6-14H,4-5,15H2,1-3H3. The predicted octanol–water partition coefficient (Wildman–Crippen LogP) is 6.01. The van der Waals surface area contributed by atoms with Crippen molar-refractivity contribution < 1.29 is 9.15 Å². The molecule has 4 aromatic rings. The molecule has 0 radical (unpaired) electrons. The number of rotatable bonds is 9. The second kappa shape index (κ2) is 9.98. The average Bonchev–Trinajstić information content (AvgIpc) is 3.49. The molecule has 0 aliphatic carbocycles. The lowest BCUT2D eigenvalue weighted by Gasteiger charge is -2.20. The Morgan fingerprint density at radius 2 is 1.84 bits per heavy atom. The van der Waals surface area contributed by atoms with E-state index in [0.717, 1.165) is 40.7 Å². The summed E-state index contributed by atoms with van der Waals surface area (Å²) in [5, 5.41) is 12.0. The van der Waals surface area contributed by atoms with Crippen molar-refractivity contribution in [3.05, 3.63) is 59.6 Å². The molecule has 0 atom stereocenters. The van der Waals surface area contributed by atoms with E-state index in [1.807, 2.05) is 36.4 Å². The molecule has 2 aromatic heterocycles. The molecule has 0 spiro atoms. The summed E-state index contributed by atoms with van der Waals surface area (Å²) in [6, 6.07) is 16.2. The summed E-state index contributed by atoms with van der Waals surface area (Å²) in [7, 11) is 1.67. The van der Waals surface area contributed by atoms with Gasteiger partial charge in [-0.1, -0.05) is 23.9 Å². The van der Waals surface area contributed by atoms with Gasteiger partial charge >= 0.3 is 0 Å². The van der Waals surface area contributed by atoms with E-state index in [4.69, 9.17) is 14.1 Å². The molecule has 160 valence electrons. The Labute approximate surface area is 190 Å². The van der Waals surface area contributed by atoms with Crippen LogP contribution < -0.4 is 9.64 Å². The number of aromatic nitrogens is 3. The maximum Gasteiger partial charge on any atom is 0.277 e. The average molecular weight is 453 g/mol. The van der Waals surface area contributed by atoms with Crippen molar-refractivity contribution in [1.82, 2.24) is 15.2 Å². The van der Waals surface area contributed by atoms with E-state index >= 15 is 0 Å². The third-order valence-electron chi connectivity index (χ3n) is 4.86. The summed E-state index contributed by atoms with van der Waals surface area (Å²) >= 11 is 3.11. The van der Waals surface area contributed by atoms with E-state index in [-0.39, 0.29) is 0 Å². The van der Waals surface area contributed by atoms with E-state index in [1.165, 1.54) is 17.4 Å². The molecule has 0 saturated carbocycles. The number of anilines is 1. The maximum absolute atomic E-state index is 5.85. The van der Waals surface area contributed by atoms with Gasteiger partial charge < -0.3 is 14.1 Å². The minimum absolute atomic E-state index is 0.531. The summed E-state index contributed by atoms with van der Waals surface area (Å²) in [5.74, 6) is 2.03. The van der Waals surface area contributed by atoms with Crippen LogP contribution >= 0.6 is 23.1 Å². The van der Waals surface area contributed by atoms with Gasteiger partial charge in [-0.15, -0.1) is 21.5 Å². The summed E-state index contributed by atoms with van der Waals surface area (Å²) in [6.45, 7) is 6.27. The van der Waals surface area contributed by atoms with Crippen LogP contribution in [0.1, 0.15) is 19.5 Å². The van der Waals surface area contributed by atoms with Gasteiger partial charge in [0.15, 0.2) is 0 Å². The smallest absolute Gasteiger partial charge is 0.277 e. The molecule has 31 heavy (non-hydrogen) atoms. The zero-order valence-corrected chi connectivity index (χ0v) is 19.4. The van der Waals surface area contributed by atoms with Gasteiger partial charge in [-0.25, -0.2) is 4.98 Å². The zero-order valence-electron chi connectivity index (χ0n) is 17.7. The van der Waals surface area contributed by atoms with Gasteiger partial charge in [0.2, 0.25) is 5.89 Å². The van der Waals surface area contributed by atoms with E-state index in [0.29, 0.717) is 16.9 Å². The van der Waals surface area contributed by atoms with E-state index < -0.39 is 0 Å². The van der Waals surface area contributed by atoms with E-state index in [9.17, 15) is 0 Å². The number of thiazole rings is 1. The number of benzene rings is 2. The summed E-state index contributed by atoms with van der Waals surface area (Å²) in [4.78, 5) is 7.02. The van der Waals surface area contributed by atoms with Crippen molar-refractivity contribution in [2.24, 2.45) is 0 Å². The summed E-state index contributed by atoms with van der Waals surface area (Å²) in [5.41, 5.74) is 4.15. The molecular weight excluding hydrogens is 428 g/mol. The quantitative estimate of drug-likeness (QED) is 0.288. The highest BCUT2D eigenvalue weighted by molar-refractivity contribution is 7.98. The number of hydrogen-bond acceptors (Lipinski definition) is 8. The first kappa shape index (κ1) is 21.4. The highest BCUT2D eigenvalue weighted by atomic mass is 32.2. The highest BCUT2D eigenvalue weighted by Gasteiger charge is 2.12. The minimum atomic E-state index is 0.531. The lowest BCUT2D eigenvalue weighted by Crippen LogP contribution is -2.21. The Kier molecular flexibility index (Phi) is 6.89. The molecule has 0 fully saturated rings. The van der Waals surface area contributed by atoms with Crippen molar-refractivity contribution in [2.45, 2.75) is 24.8 Å². The Balaban J connectivity index is 1.39. The number of nitrogens with zero attached hydrogens (tertiary/aromatic N) is 4. The van der Waals surface area contributed by atoms with Gasteiger partial charge in [-0.3, -0.25) is 0 Å². The molecule has 0 N–H and O–H groups in total. The molecule has 2 heterocycles. The van der Waals surface area contributed by atoms with Crippen molar-refractivity contribution >= 4 is 28.8 Å². The molecule has 0 unspecified atom stereocenters. The Morgan fingerprint density at radius 3 is 2.58 bits per heavy atom. The Bertz CT molecular complexity index is 1120. The monoisotopic (exact) mass is 452 g/mol. The van der Waals surface area contributed by atoms with Gasteiger partial charge in [-0.05, 0) is 50.2 Å². The Morgan fingerprint density at radius 1 is 1.03 bits per heavy atom. The predicted molar refractivity (Wildman–Crippen MR) is 127 cm³/mol. The van der Waals surface area contributed by atoms with Crippen LogP contribution in [0.25, 0.3) is 22.0 Å². The summed E-state index contributed by atoms with van der Waals surface area (Å²) in [6.07, 6.45) is 0. The van der Waals surface area contributed by atoms with Crippen LogP contribution in [-0.4, -0.2) is 35.4 Å². The third-order valence-corrected chi connectivity index (χ3v) is 6.65. The molecule has 0 bridgehead atoms. The molecule has 0 amide bonds. The van der Waals surface area contributed by atoms with Gasteiger partial charge in [0.05, 0.1) is 12.8 Å². The first-order valence-electron chi connectivity index (χ1n) is 10.1. The van der Waals surface area contributed by atoms with Crippen LogP contribution in [0.3, 0.4) is 0 Å². The molecule has 4 rings (SSSR count). The van der Waals surface area contributed by atoms with Crippen LogP contribution in [0.2, 0.25) is 0 Å². The lowest BCUT2D eigenvalue weighted by molar-refractivity contribution is 0.415. The molecule has 6 nitrogen and oxygen atoms in total. The topological polar surface area (TPSA) is 64.3 Å².